The van der Waals surface area contributed by atoms with Crippen molar-refractivity contribution in [3.63, 3.8) is 0 Å². The fraction of sp³-hybridized carbons (Fsp3) is 0.351. The molecule has 5 N–H and O–H groups in total. The molecule has 47 heavy (non-hydrogen) atoms. The standard InChI is InChI=1S/C37H43FN2O7/c1-22(2)34-33(36(46)39-29-16-15-26(41)20-30(29)44)32(23-9-7-6-8-10-23)35(24-11-13-25(38)14-12-24)40(34)18-17-27(42)19-28(43)21-31(45)47-37(3,4)5/h6-16,20,22,27-28,41-44H,17-19,21H2,1-5H3,(H,39,46)/t27-,28-/m1/s1/i21D2,22D. The van der Waals surface area contributed by atoms with E-state index in [2.05, 4.69) is 5.32 Å². The molecule has 1 amide bonds. The van der Waals surface area contributed by atoms with Gasteiger partial charge in [-0.05, 0) is 87.0 Å². The number of anilines is 1. The second-order valence-electron chi connectivity index (χ2n) is 12.5. The third-order valence-electron chi connectivity index (χ3n) is 7.24. The summed E-state index contributed by atoms with van der Waals surface area (Å²) in [6.07, 6.45) is -6.72. The van der Waals surface area contributed by atoms with Crippen molar-refractivity contribution in [1.29, 1.82) is 0 Å². The van der Waals surface area contributed by atoms with E-state index in [-0.39, 0.29) is 35.7 Å². The van der Waals surface area contributed by atoms with E-state index in [9.17, 15) is 35.8 Å². The summed E-state index contributed by atoms with van der Waals surface area (Å²) >= 11 is 0. The molecule has 1 heterocycles. The maximum atomic E-state index is 14.3. The molecule has 1 aromatic heterocycles. The molecule has 0 unspecified atom stereocenters. The Morgan fingerprint density at radius 3 is 2.23 bits per heavy atom. The lowest BCUT2D eigenvalue weighted by Crippen LogP contribution is -2.28. The van der Waals surface area contributed by atoms with Crippen LogP contribution < -0.4 is 5.32 Å². The van der Waals surface area contributed by atoms with Gasteiger partial charge in [-0.3, -0.25) is 9.59 Å². The topological polar surface area (TPSA) is 141 Å². The van der Waals surface area contributed by atoms with Gasteiger partial charge in [-0.15, -0.1) is 0 Å². The third kappa shape index (κ3) is 8.99. The number of aliphatic hydroxyl groups is 2. The van der Waals surface area contributed by atoms with Crippen LogP contribution in [-0.2, 0) is 16.1 Å². The maximum Gasteiger partial charge on any atom is 0.308 e. The molecular formula is C37H43FN2O7. The van der Waals surface area contributed by atoms with Gasteiger partial charge in [-0.1, -0.05) is 44.2 Å². The number of aromatic hydroxyl groups is 2. The zero-order valence-electron chi connectivity index (χ0n) is 30.0. The predicted molar refractivity (Wildman–Crippen MR) is 179 cm³/mol. The lowest BCUT2D eigenvalue weighted by Gasteiger charge is -2.22. The van der Waals surface area contributed by atoms with Gasteiger partial charge in [0, 0.05) is 28.0 Å². The maximum absolute atomic E-state index is 14.3. The molecule has 0 aliphatic heterocycles. The van der Waals surface area contributed by atoms with E-state index in [1.165, 1.54) is 36.4 Å². The summed E-state index contributed by atoms with van der Waals surface area (Å²) < 4.78 is 46.6. The molecule has 3 aromatic carbocycles. The van der Waals surface area contributed by atoms with Crippen molar-refractivity contribution < 1.29 is 43.3 Å². The van der Waals surface area contributed by atoms with Gasteiger partial charge in [0.1, 0.15) is 22.9 Å². The lowest BCUT2D eigenvalue weighted by atomic mass is 9.94. The Morgan fingerprint density at radius 2 is 1.64 bits per heavy atom. The summed E-state index contributed by atoms with van der Waals surface area (Å²) in [6, 6.07) is 18.1. The Hall–Kier alpha value is -4.67. The number of phenolic OH excluding ortho intramolecular Hbond substituents is 2. The number of hydrogen-bond acceptors (Lipinski definition) is 7. The van der Waals surface area contributed by atoms with E-state index in [0.29, 0.717) is 22.4 Å². The van der Waals surface area contributed by atoms with Crippen LogP contribution in [0.3, 0.4) is 0 Å². The highest BCUT2D eigenvalue weighted by atomic mass is 19.1. The van der Waals surface area contributed by atoms with Gasteiger partial charge in [0.25, 0.3) is 5.91 Å². The number of hydrogen-bond donors (Lipinski definition) is 5. The van der Waals surface area contributed by atoms with Crippen LogP contribution in [0.2, 0.25) is 0 Å². The number of halogens is 1. The molecule has 0 fully saturated rings. The molecule has 10 heteroatoms. The van der Waals surface area contributed by atoms with E-state index in [1.54, 1.807) is 69.5 Å². The van der Waals surface area contributed by atoms with Gasteiger partial charge in [-0.25, -0.2) is 4.39 Å². The van der Waals surface area contributed by atoms with Crippen molar-refractivity contribution in [2.75, 3.05) is 5.32 Å². The number of benzene rings is 3. The first kappa shape index (κ1) is 31.0. The average molecular weight is 650 g/mol. The Balaban J connectivity index is 1.86. The predicted octanol–water partition coefficient (Wildman–Crippen LogP) is 6.98. The average Bonchev–Trinajstić information content (AvgIpc) is 3.37. The Labute approximate surface area is 278 Å². The minimum Gasteiger partial charge on any atom is -0.508 e. The van der Waals surface area contributed by atoms with E-state index in [4.69, 9.17) is 7.48 Å². The number of phenols is 2. The molecule has 250 valence electrons. The third-order valence-corrected chi connectivity index (χ3v) is 7.24. The van der Waals surface area contributed by atoms with Gasteiger partial charge in [0.15, 0.2) is 0 Å². The van der Waals surface area contributed by atoms with Crippen LogP contribution in [-0.4, -0.2) is 54.7 Å². The monoisotopic (exact) mass is 649 g/mol. The number of ether oxygens (including phenoxy) is 1. The van der Waals surface area contributed by atoms with Crippen LogP contribution in [0, 0.1) is 5.82 Å². The zero-order valence-corrected chi connectivity index (χ0v) is 27.0. The smallest absolute Gasteiger partial charge is 0.308 e. The molecule has 0 aliphatic carbocycles. The Kier molecular flexibility index (Phi) is 9.77. The number of aromatic nitrogens is 1. The van der Waals surface area contributed by atoms with Crippen molar-refractivity contribution in [3.05, 3.63) is 89.9 Å². The second kappa shape index (κ2) is 14.8. The minimum atomic E-state index is -2.82. The lowest BCUT2D eigenvalue weighted by molar-refractivity contribution is -0.157. The molecule has 9 nitrogen and oxygen atoms in total. The van der Waals surface area contributed by atoms with Crippen molar-refractivity contribution in [3.8, 4) is 33.9 Å². The van der Waals surface area contributed by atoms with Crippen LogP contribution in [0.1, 0.15) is 79.9 Å². The number of carbonyl (C=O) groups is 2. The first-order valence-electron chi connectivity index (χ1n) is 16.7. The summed E-state index contributed by atoms with van der Waals surface area (Å²) in [5.74, 6) is -4.54. The minimum absolute atomic E-state index is 0.000277. The second-order valence-corrected chi connectivity index (χ2v) is 12.5. The first-order chi connectivity index (χ1) is 23.2. The van der Waals surface area contributed by atoms with E-state index in [1.807, 2.05) is 0 Å². The molecule has 0 saturated carbocycles. The number of amides is 1. The number of aliphatic hydroxyl groups excluding tert-OH is 2. The van der Waals surface area contributed by atoms with Gasteiger partial charge in [0.05, 0.1) is 35.5 Å². The van der Waals surface area contributed by atoms with Crippen LogP contribution in [0.5, 0.6) is 11.5 Å². The molecule has 0 bridgehead atoms. The number of rotatable bonds is 12. The van der Waals surface area contributed by atoms with Crippen LogP contribution in [0.15, 0.2) is 72.8 Å². The largest absolute Gasteiger partial charge is 0.508 e. The van der Waals surface area contributed by atoms with E-state index < -0.39 is 59.9 Å². The molecular weight excluding hydrogens is 603 g/mol. The molecule has 4 rings (SSSR count). The molecule has 0 radical (unpaired) electrons. The highest BCUT2D eigenvalue weighted by Gasteiger charge is 2.31. The molecule has 0 spiro atoms. The Morgan fingerprint density at radius 1 is 0.979 bits per heavy atom. The summed E-state index contributed by atoms with van der Waals surface area (Å²) in [6.45, 7) is 7.79. The number of carbonyl (C=O) groups excluding carboxylic acids is 2. The van der Waals surface area contributed by atoms with Crippen molar-refractivity contribution in [1.82, 2.24) is 4.57 Å². The van der Waals surface area contributed by atoms with E-state index in [0.717, 1.165) is 6.07 Å². The summed E-state index contributed by atoms with van der Waals surface area (Å²) in [5.41, 5.74) is 1.15. The van der Waals surface area contributed by atoms with Crippen molar-refractivity contribution >= 4 is 17.6 Å². The van der Waals surface area contributed by atoms with Crippen LogP contribution in [0.4, 0.5) is 10.1 Å². The summed E-state index contributed by atoms with van der Waals surface area (Å²) in [7, 11) is 0. The zero-order chi connectivity index (χ0) is 37.2. The molecule has 4 aromatic rings. The SMILES string of the molecule is [2H]C(C)(C)c1c(C(=O)Nc2ccc(O)cc2O)c(-c2ccccc2)c(-c2ccc(F)cc2)n1CC[C@@H](O)C[C@@H](O)C([2H])([2H])C(=O)OC(C)(C)C. The fourth-order valence-corrected chi connectivity index (χ4v) is 5.34. The first-order valence-corrected chi connectivity index (χ1v) is 15.2. The molecule has 2 atom stereocenters. The highest BCUT2D eigenvalue weighted by molar-refractivity contribution is 6.13. The summed E-state index contributed by atoms with van der Waals surface area (Å²) in [5, 5.41) is 44.7. The highest BCUT2D eigenvalue weighted by Crippen LogP contribution is 2.43. The van der Waals surface area contributed by atoms with Gasteiger partial charge in [0.2, 0.25) is 0 Å². The Bertz CT molecular complexity index is 1830. The quantitative estimate of drug-likeness (QED) is 0.0633. The number of nitrogens with one attached hydrogen (secondary N) is 1. The van der Waals surface area contributed by atoms with Crippen molar-refractivity contribution in [2.45, 2.75) is 84.1 Å². The summed E-state index contributed by atoms with van der Waals surface area (Å²) in [4.78, 5) is 26.8. The van der Waals surface area contributed by atoms with Crippen molar-refractivity contribution in [2.24, 2.45) is 0 Å². The van der Waals surface area contributed by atoms with Crippen LogP contribution >= 0.6 is 0 Å². The van der Waals surface area contributed by atoms with Gasteiger partial charge < -0.3 is 35.0 Å². The van der Waals surface area contributed by atoms with Gasteiger partial charge in [-0.2, -0.15) is 0 Å². The number of esters is 1. The van der Waals surface area contributed by atoms with Gasteiger partial charge >= 0.3 is 5.97 Å². The number of nitrogens with zero attached hydrogens (tertiary/aromatic N) is 1. The van der Waals surface area contributed by atoms with Crippen LogP contribution in [0.25, 0.3) is 22.4 Å². The molecule has 0 aliphatic rings. The fourth-order valence-electron chi connectivity index (χ4n) is 5.34. The molecule has 0 saturated heterocycles. The normalized spacial score (nSPS) is 14.4. The van der Waals surface area contributed by atoms with E-state index >= 15 is 0 Å².